The molecule has 0 atom stereocenters. The van der Waals surface area contributed by atoms with Gasteiger partial charge >= 0.3 is 0 Å². The molecule has 1 aliphatic heterocycles. The van der Waals surface area contributed by atoms with Crippen molar-refractivity contribution in [3.63, 3.8) is 0 Å². The van der Waals surface area contributed by atoms with Crippen molar-refractivity contribution in [2.75, 3.05) is 13.2 Å². The van der Waals surface area contributed by atoms with Gasteiger partial charge in [-0.1, -0.05) is 11.6 Å². The Morgan fingerprint density at radius 1 is 1.37 bits per heavy atom. The summed E-state index contributed by atoms with van der Waals surface area (Å²) in [6, 6.07) is 3.28. The van der Waals surface area contributed by atoms with Gasteiger partial charge in [-0.15, -0.1) is 11.6 Å². The van der Waals surface area contributed by atoms with Crippen molar-refractivity contribution in [3.8, 4) is 0 Å². The number of aromatic nitrogens is 2. The number of hydrogen-bond acceptors (Lipinski definition) is 2. The SMILES string of the molecule is Fc1cc2nc(CCl)n(C3CCOCC3)c2cc1Cl. The molecule has 1 aliphatic rings. The van der Waals surface area contributed by atoms with Gasteiger partial charge in [0.1, 0.15) is 11.6 Å². The summed E-state index contributed by atoms with van der Waals surface area (Å²) < 4.78 is 21.0. The van der Waals surface area contributed by atoms with Crippen LogP contribution in [0.5, 0.6) is 0 Å². The maximum absolute atomic E-state index is 13.5. The molecule has 0 bridgehead atoms. The van der Waals surface area contributed by atoms with E-state index in [9.17, 15) is 4.39 Å². The predicted molar refractivity (Wildman–Crippen MR) is 73.3 cm³/mol. The van der Waals surface area contributed by atoms with Crippen LogP contribution in [0.2, 0.25) is 5.02 Å². The molecule has 1 aromatic carbocycles. The third-order valence-corrected chi connectivity index (χ3v) is 4.01. The molecule has 6 heteroatoms. The second kappa shape index (κ2) is 5.27. The first-order valence-corrected chi connectivity index (χ1v) is 7.11. The summed E-state index contributed by atoms with van der Waals surface area (Å²) in [6.45, 7) is 1.45. The molecule has 0 spiro atoms. The highest BCUT2D eigenvalue weighted by Crippen LogP contribution is 2.31. The standard InChI is InChI=1S/C13H13Cl2FN2O/c14-7-13-17-11-6-10(16)9(15)5-12(11)18(13)8-1-3-19-4-2-8/h5-6,8H,1-4,7H2. The van der Waals surface area contributed by atoms with E-state index in [1.54, 1.807) is 6.07 Å². The summed E-state index contributed by atoms with van der Waals surface area (Å²) in [5.41, 5.74) is 1.44. The number of halogens is 3. The van der Waals surface area contributed by atoms with E-state index in [0.29, 0.717) is 11.4 Å². The Balaban J connectivity index is 2.16. The first-order chi connectivity index (χ1) is 9.20. The second-order valence-corrected chi connectivity index (χ2v) is 5.30. The lowest BCUT2D eigenvalue weighted by Gasteiger charge is -2.25. The maximum atomic E-state index is 13.5. The van der Waals surface area contributed by atoms with Crippen LogP contribution in [0.25, 0.3) is 11.0 Å². The molecule has 0 saturated carbocycles. The summed E-state index contributed by atoms with van der Waals surface area (Å²) >= 11 is 11.8. The van der Waals surface area contributed by atoms with Gasteiger partial charge in [0.05, 0.1) is 21.9 Å². The molecule has 0 N–H and O–H groups in total. The zero-order chi connectivity index (χ0) is 13.4. The van der Waals surface area contributed by atoms with Crippen molar-refractivity contribution in [3.05, 3.63) is 28.8 Å². The zero-order valence-corrected chi connectivity index (χ0v) is 11.7. The number of imidazole rings is 1. The molecule has 0 amide bonds. The third-order valence-electron chi connectivity index (χ3n) is 3.48. The van der Waals surface area contributed by atoms with E-state index in [0.717, 1.165) is 37.4 Å². The molecule has 0 radical (unpaired) electrons. The van der Waals surface area contributed by atoms with Crippen molar-refractivity contribution >= 4 is 34.2 Å². The molecule has 1 fully saturated rings. The number of hydrogen-bond donors (Lipinski definition) is 0. The van der Waals surface area contributed by atoms with E-state index in [4.69, 9.17) is 27.9 Å². The fourth-order valence-electron chi connectivity index (χ4n) is 2.59. The lowest BCUT2D eigenvalue weighted by atomic mass is 10.1. The molecule has 19 heavy (non-hydrogen) atoms. The second-order valence-electron chi connectivity index (χ2n) is 4.63. The molecule has 0 aliphatic carbocycles. The fraction of sp³-hybridized carbons (Fsp3) is 0.462. The van der Waals surface area contributed by atoms with Crippen molar-refractivity contribution in [1.82, 2.24) is 9.55 Å². The van der Waals surface area contributed by atoms with Crippen molar-refractivity contribution in [2.24, 2.45) is 0 Å². The van der Waals surface area contributed by atoms with Crippen molar-refractivity contribution < 1.29 is 9.13 Å². The average molecular weight is 303 g/mol. The van der Waals surface area contributed by atoms with E-state index in [2.05, 4.69) is 9.55 Å². The van der Waals surface area contributed by atoms with Crippen molar-refractivity contribution in [2.45, 2.75) is 24.8 Å². The lowest BCUT2D eigenvalue weighted by molar-refractivity contribution is 0.0700. The van der Waals surface area contributed by atoms with Crippen LogP contribution < -0.4 is 0 Å². The molecule has 1 saturated heterocycles. The largest absolute Gasteiger partial charge is 0.381 e. The number of ether oxygens (including phenoxy) is 1. The monoisotopic (exact) mass is 302 g/mol. The summed E-state index contributed by atoms with van der Waals surface area (Å²) in [5.74, 6) is 0.600. The molecule has 2 heterocycles. The van der Waals surface area contributed by atoms with Crippen LogP contribution in [-0.2, 0) is 10.6 Å². The minimum atomic E-state index is -0.452. The van der Waals surface area contributed by atoms with Gasteiger partial charge in [-0.3, -0.25) is 0 Å². The average Bonchev–Trinajstić information content (AvgIpc) is 2.78. The quantitative estimate of drug-likeness (QED) is 0.786. The summed E-state index contributed by atoms with van der Waals surface area (Å²) in [7, 11) is 0. The van der Waals surface area contributed by atoms with E-state index in [1.807, 2.05) is 0 Å². The van der Waals surface area contributed by atoms with Gasteiger partial charge in [-0.25, -0.2) is 9.37 Å². The van der Waals surface area contributed by atoms with Gasteiger partial charge in [-0.2, -0.15) is 0 Å². The highest BCUT2D eigenvalue weighted by atomic mass is 35.5. The Kier molecular flexibility index (Phi) is 3.65. The molecule has 3 nitrogen and oxygen atoms in total. The van der Waals surface area contributed by atoms with Crippen LogP contribution >= 0.6 is 23.2 Å². The first kappa shape index (κ1) is 13.2. The Morgan fingerprint density at radius 3 is 2.79 bits per heavy atom. The molecule has 2 aromatic rings. The number of benzene rings is 1. The third kappa shape index (κ3) is 2.33. The van der Waals surface area contributed by atoms with Crippen LogP contribution in [0.4, 0.5) is 4.39 Å². The molecule has 102 valence electrons. The molecule has 3 rings (SSSR count). The predicted octanol–water partition coefficient (Wildman–Crippen LogP) is 3.92. The van der Waals surface area contributed by atoms with Gasteiger partial charge in [0, 0.05) is 25.3 Å². The Hall–Kier alpha value is -0.840. The molecule has 0 unspecified atom stereocenters. The minimum absolute atomic E-state index is 0.113. The van der Waals surface area contributed by atoms with Gasteiger partial charge in [0.25, 0.3) is 0 Å². The van der Waals surface area contributed by atoms with Gasteiger partial charge < -0.3 is 9.30 Å². The van der Waals surface area contributed by atoms with Gasteiger partial charge in [-0.05, 0) is 18.9 Å². The maximum Gasteiger partial charge on any atom is 0.144 e. The molecular formula is C13H13Cl2FN2O. The topological polar surface area (TPSA) is 27.1 Å². The van der Waals surface area contributed by atoms with E-state index in [1.165, 1.54) is 6.07 Å². The molecular weight excluding hydrogens is 290 g/mol. The van der Waals surface area contributed by atoms with E-state index >= 15 is 0 Å². The van der Waals surface area contributed by atoms with Crippen LogP contribution in [0.15, 0.2) is 12.1 Å². The Bertz CT molecular complexity index is 608. The van der Waals surface area contributed by atoms with Crippen molar-refractivity contribution in [1.29, 1.82) is 0 Å². The summed E-state index contributed by atoms with van der Waals surface area (Å²) in [4.78, 5) is 4.40. The van der Waals surface area contributed by atoms with Gasteiger partial charge in [0.15, 0.2) is 0 Å². The van der Waals surface area contributed by atoms with Crippen LogP contribution in [0, 0.1) is 5.82 Å². The highest BCUT2D eigenvalue weighted by Gasteiger charge is 2.22. The first-order valence-electron chi connectivity index (χ1n) is 6.20. The number of nitrogens with zero attached hydrogens (tertiary/aromatic N) is 2. The van der Waals surface area contributed by atoms with Crippen LogP contribution in [-0.4, -0.2) is 22.8 Å². The lowest BCUT2D eigenvalue weighted by Crippen LogP contribution is -2.20. The normalized spacial score (nSPS) is 17.2. The zero-order valence-electron chi connectivity index (χ0n) is 10.2. The molecule has 1 aromatic heterocycles. The van der Waals surface area contributed by atoms with E-state index in [-0.39, 0.29) is 11.1 Å². The Labute approximate surface area is 120 Å². The number of rotatable bonds is 2. The minimum Gasteiger partial charge on any atom is -0.381 e. The van der Waals surface area contributed by atoms with E-state index < -0.39 is 5.82 Å². The number of fused-ring (bicyclic) bond motifs is 1. The number of alkyl halides is 1. The highest BCUT2D eigenvalue weighted by molar-refractivity contribution is 6.31. The Morgan fingerprint density at radius 2 is 2.11 bits per heavy atom. The van der Waals surface area contributed by atoms with Crippen LogP contribution in [0.3, 0.4) is 0 Å². The summed E-state index contributed by atoms with van der Waals surface area (Å²) in [5, 5.41) is 0.113. The summed E-state index contributed by atoms with van der Waals surface area (Å²) in [6.07, 6.45) is 1.81. The van der Waals surface area contributed by atoms with Crippen LogP contribution in [0.1, 0.15) is 24.7 Å². The fourth-order valence-corrected chi connectivity index (χ4v) is 2.93. The smallest absolute Gasteiger partial charge is 0.144 e. The van der Waals surface area contributed by atoms with Gasteiger partial charge in [0.2, 0.25) is 0 Å².